The molecule has 0 atom stereocenters. The molecule has 0 aromatic heterocycles. The number of benzene rings is 1. The lowest BCUT2D eigenvalue weighted by molar-refractivity contribution is -0.138. The number of hydrogen-bond acceptors (Lipinski definition) is 4. The zero-order valence-corrected chi connectivity index (χ0v) is 12.7. The van der Waals surface area contributed by atoms with Crippen molar-refractivity contribution in [2.75, 3.05) is 18.9 Å². The number of rotatable bonds is 4. The fraction of sp³-hybridized carbons (Fsp3) is 0.286. The van der Waals surface area contributed by atoms with Gasteiger partial charge in [-0.25, -0.2) is 4.79 Å². The number of ether oxygens (including phenoxy) is 1. The van der Waals surface area contributed by atoms with E-state index in [9.17, 15) is 9.59 Å². The van der Waals surface area contributed by atoms with Crippen LogP contribution in [0.3, 0.4) is 0 Å². The second-order valence-electron chi connectivity index (χ2n) is 4.48. The van der Waals surface area contributed by atoms with Gasteiger partial charge in [-0.1, -0.05) is 22.5 Å². The minimum absolute atomic E-state index is 0.137. The zero-order valence-electron chi connectivity index (χ0n) is 11.1. The first kappa shape index (κ1) is 14.6. The summed E-state index contributed by atoms with van der Waals surface area (Å²) >= 11 is 3.41. The van der Waals surface area contributed by atoms with Crippen molar-refractivity contribution in [1.82, 2.24) is 4.90 Å². The van der Waals surface area contributed by atoms with E-state index < -0.39 is 5.97 Å². The molecule has 0 saturated carbocycles. The first-order valence-electron chi connectivity index (χ1n) is 6.16. The van der Waals surface area contributed by atoms with Crippen molar-refractivity contribution in [3.8, 4) is 0 Å². The Bertz CT molecular complexity index is 598. The third kappa shape index (κ3) is 2.56. The number of amides is 1. The van der Waals surface area contributed by atoms with E-state index in [0.717, 1.165) is 10.0 Å². The van der Waals surface area contributed by atoms with Crippen LogP contribution in [0.4, 0.5) is 5.69 Å². The van der Waals surface area contributed by atoms with Crippen molar-refractivity contribution in [2.45, 2.75) is 13.5 Å². The van der Waals surface area contributed by atoms with Crippen molar-refractivity contribution in [1.29, 1.82) is 0 Å². The van der Waals surface area contributed by atoms with Gasteiger partial charge >= 0.3 is 5.97 Å². The van der Waals surface area contributed by atoms with E-state index in [4.69, 9.17) is 10.5 Å². The van der Waals surface area contributed by atoms with E-state index in [0.29, 0.717) is 17.8 Å². The van der Waals surface area contributed by atoms with Gasteiger partial charge in [0.15, 0.2) is 0 Å². The second kappa shape index (κ2) is 5.66. The highest BCUT2D eigenvalue weighted by atomic mass is 79.9. The molecule has 6 heteroatoms. The molecule has 2 N–H and O–H groups in total. The van der Waals surface area contributed by atoms with Gasteiger partial charge in [-0.2, -0.15) is 0 Å². The maximum Gasteiger partial charge on any atom is 0.335 e. The Morgan fingerprint density at radius 3 is 2.85 bits per heavy atom. The molecule has 20 heavy (non-hydrogen) atoms. The maximum atomic E-state index is 12.3. The molecule has 1 aliphatic rings. The lowest BCUT2D eigenvalue weighted by Gasteiger charge is -2.16. The largest absolute Gasteiger partial charge is 0.463 e. The molecule has 1 aromatic carbocycles. The van der Waals surface area contributed by atoms with Crippen LogP contribution < -0.4 is 5.73 Å². The number of nitrogens with zero attached hydrogens (tertiary/aromatic N) is 1. The summed E-state index contributed by atoms with van der Waals surface area (Å²) in [7, 11) is 0. The van der Waals surface area contributed by atoms with Crippen LogP contribution in [-0.2, 0) is 16.1 Å². The standard InChI is InChI=1S/C14H15BrN2O3/c1-3-20-14(19)8(2)6-17-7-9-10(15)4-5-11(16)12(9)13(17)18/h4-5H,2-3,6-7,16H2,1H3. The van der Waals surface area contributed by atoms with Gasteiger partial charge in [0, 0.05) is 27.8 Å². The number of hydrogen-bond donors (Lipinski definition) is 1. The quantitative estimate of drug-likeness (QED) is 0.518. The molecule has 1 aromatic rings. The van der Waals surface area contributed by atoms with Crippen LogP contribution in [0.15, 0.2) is 28.8 Å². The van der Waals surface area contributed by atoms with Crippen LogP contribution in [0.5, 0.6) is 0 Å². The average Bonchev–Trinajstić information content (AvgIpc) is 2.73. The number of carbonyl (C=O) groups is 2. The summed E-state index contributed by atoms with van der Waals surface area (Å²) in [5.41, 5.74) is 7.88. The number of halogens is 1. The molecule has 1 aliphatic heterocycles. The molecule has 106 valence electrons. The van der Waals surface area contributed by atoms with E-state index in [1.54, 1.807) is 13.0 Å². The highest BCUT2D eigenvalue weighted by Gasteiger charge is 2.32. The lowest BCUT2D eigenvalue weighted by atomic mass is 10.1. The summed E-state index contributed by atoms with van der Waals surface area (Å²) in [6.45, 7) is 6.21. The van der Waals surface area contributed by atoms with Crippen LogP contribution in [0, 0.1) is 0 Å². The Morgan fingerprint density at radius 1 is 1.55 bits per heavy atom. The number of anilines is 1. The van der Waals surface area contributed by atoms with Gasteiger partial charge in [0.2, 0.25) is 0 Å². The molecule has 0 radical (unpaired) electrons. The lowest BCUT2D eigenvalue weighted by Crippen LogP contribution is -2.29. The summed E-state index contributed by atoms with van der Waals surface area (Å²) in [5.74, 6) is -0.674. The zero-order chi connectivity index (χ0) is 14.9. The number of nitrogens with two attached hydrogens (primary N) is 1. The summed E-state index contributed by atoms with van der Waals surface area (Å²) in [6, 6.07) is 3.50. The van der Waals surface area contributed by atoms with E-state index in [1.807, 2.05) is 6.07 Å². The second-order valence-corrected chi connectivity index (χ2v) is 5.33. The van der Waals surface area contributed by atoms with E-state index in [-0.39, 0.29) is 24.6 Å². The Morgan fingerprint density at radius 2 is 2.25 bits per heavy atom. The summed E-state index contributed by atoms with van der Waals surface area (Å²) in [4.78, 5) is 25.4. The number of nitrogen functional groups attached to an aromatic ring is 1. The van der Waals surface area contributed by atoms with Gasteiger partial charge < -0.3 is 15.4 Å². The van der Waals surface area contributed by atoms with Crippen LogP contribution in [0.1, 0.15) is 22.8 Å². The summed E-state index contributed by atoms with van der Waals surface area (Å²) in [5, 5.41) is 0. The predicted octanol–water partition coefficient (Wildman–Crippen LogP) is 2.11. The van der Waals surface area contributed by atoms with E-state index in [1.165, 1.54) is 4.90 Å². The van der Waals surface area contributed by atoms with Crippen molar-refractivity contribution >= 4 is 33.5 Å². The molecule has 5 nitrogen and oxygen atoms in total. The van der Waals surface area contributed by atoms with Crippen molar-refractivity contribution in [3.05, 3.63) is 39.9 Å². The SMILES string of the molecule is C=C(CN1Cc2c(Br)ccc(N)c2C1=O)C(=O)OCC. The highest BCUT2D eigenvalue weighted by Crippen LogP contribution is 2.33. The van der Waals surface area contributed by atoms with Gasteiger partial charge in [-0.15, -0.1) is 0 Å². The van der Waals surface area contributed by atoms with Gasteiger partial charge in [-0.3, -0.25) is 4.79 Å². The molecule has 1 amide bonds. The highest BCUT2D eigenvalue weighted by molar-refractivity contribution is 9.10. The molecule has 0 aliphatic carbocycles. The molecule has 1 heterocycles. The minimum atomic E-state index is -0.483. The van der Waals surface area contributed by atoms with Crippen molar-refractivity contribution < 1.29 is 14.3 Å². The van der Waals surface area contributed by atoms with Gasteiger partial charge in [0.05, 0.1) is 18.7 Å². The Labute approximate surface area is 125 Å². The normalized spacial score (nSPS) is 13.3. The maximum absolute atomic E-state index is 12.3. The number of esters is 1. The molecular weight excluding hydrogens is 324 g/mol. The topological polar surface area (TPSA) is 72.6 Å². The average molecular weight is 339 g/mol. The molecule has 0 bridgehead atoms. The van der Waals surface area contributed by atoms with Crippen LogP contribution in [0.25, 0.3) is 0 Å². The molecule has 0 unspecified atom stereocenters. The van der Waals surface area contributed by atoms with Gasteiger partial charge in [0.1, 0.15) is 0 Å². The number of fused-ring (bicyclic) bond motifs is 1. The predicted molar refractivity (Wildman–Crippen MR) is 79.1 cm³/mol. The molecule has 0 fully saturated rings. The minimum Gasteiger partial charge on any atom is -0.463 e. The Kier molecular flexibility index (Phi) is 4.13. The van der Waals surface area contributed by atoms with Gasteiger partial charge in [-0.05, 0) is 19.1 Å². The first-order chi connectivity index (χ1) is 9.45. The van der Waals surface area contributed by atoms with Gasteiger partial charge in [0.25, 0.3) is 5.91 Å². The third-order valence-electron chi connectivity index (χ3n) is 3.08. The fourth-order valence-electron chi connectivity index (χ4n) is 2.12. The summed E-state index contributed by atoms with van der Waals surface area (Å²) < 4.78 is 5.70. The smallest absolute Gasteiger partial charge is 0.335 e. The molecular formula is C14H15BrN2O3. The van der Waals surface area contributed by atoms with E-state index in [2.05, 4.69) is 22.5 Å². The van der Waals surface area contributed by atoms with Crippen molar-refractivity contribution in [3.63, 3.8) is 0 Å². The third-order valence-corrected chi connectivity index (χ3v) is 3.83. The van der Waals surface area contributed by atoms with Crippen LogP contribution in [-0.4, -0.2) is 29.9 Å². The fourth-order valence-corrected chi connectivity index (χ4v) is 2.58. The molecule has 0 saturated heterocycles. The Hall–Kier alpha value is -1.82. The van der Waals surface area contributed by atoms with Crippen molar-refractivity contribution in [2.24, 2.45) is 0 Å². The van der Waals surface area contributed by atoms with Crippen LogP contribution >= 0.6 is 15.9 Å². The molecule has 2 rings (SSSR count). The first-order valence-corrected chi connectivity index (χ1v) is 6.96. The Balaban J connectivity index is 2.18. The monoisotopic (exact) mass is 338 g/mol. The number of carbonyl (C=O) groups excluding carboxylic acids is 2. The molecule has 0 spiro atoms. The summed E-state index contributed by atoms with van der Waals surface area (Å²) in [6.07, 6.45) is 0. The van der Waals surface area contributed by atoms with Crippen LogP contribution in [0.2, 0.25) is 0 Å². The van der Waals surface area contributed by atoms with E-state index >= 15 is 0 Å².